The molecule has 1 atom stereocenters. The predicted octanol–water partition coefficient (Wildman–Crippen LogP) is 2.90. The zero-order valence-electron chi connectivity index (χ0n) is 12.9. The highest BCUT2D eigenvalue weighted by atomic mass is 35.5. The fourth-order valence-corrected chi connectivity index (χ4v) is 2.58. The number of nitrogens with one attached hydrogen (secondary N) is 1. The van der Waals surface area contributed by atoms with Gasteiger partial charge in [0, 0.05) is 25.7 Å². The van der Waals surface area contributed by atoms with Gasteiger partial charge in [0.2, 0.25) is 0 Å². The third kappa shape index (κ3) is 5.26. The van der Waals surface area contributed by atoms with Crippen LogP contribution in [0, 0.1) is 0 Å². The molecule has 0 amide bonds. The SMILES string of the molecule is CCOc1cc(CN2CCC(NC)C2)ccc1OC(F)F.Cl. The van der Waals surface area contributed by atoms with E-state index < -0.39 is 6.61 Å². The predicted molar refractivity (Wildman–Crippen MR) is 84.2 cm³/mol. The van der Waals surface area contributed by atoms with Gasteiger partial charge < -0.3 is 14.8 Å². The van der Waals surface area contributed by atoms with Gasteiger partial charge in [-0.05, 0) is 38.1 Å². The average Bonchev–Trinajstić information content (AvgIpc) is 2.89. The van der Waals surface area contributed by atoms with Crippen LogP contribution >= 0.6 is 12.4 Å². The molecule has 1 fully saturated rings. The molecular weight excluding hydrogens is 314 g/mol. The number of likely N-dealkylation sites (tertiary alicyclic amines) is 1. The fraction of sp³-hybridized carbons (Fsp3) is 0.600. The molecule has 7 heteroatoms. The number of rotatable bonds is 7. The van der Waals surface area contributed by atoms with Gasteiger partial charge in [-0.3, -0.25) is 4.90 Å². The number of nitrogens with zero attached hydrogens (tertiary/aromatic N) is 1. The van der Waals surface area contributed by atoms with Crippen molar-refractivity contribution in [3.8, 4) is 11.5 Å². The summed E-state index contributed by atoms with van der Waals surface area (Å²) in [7, 11) is 1.97. The molecule has 1 aromatic rings. The van der Waals surface area contributed by atoms with Crippen LogP contribution in [-0.4, -0.2) is 44.3 Å². The second-order valence-corrected chi connectivity index (χ2v) is 5.10. The number of hydrogen-bond acceptors (Lipinski definition) is 4. The first-order valence-corrected chi connectivity index (χ1v) is 7.22. The Morgan fingerprint density at radius 1 is 1.36 bits per heavy atom. The summed E-state index contributed by atoms with van der Waals surface area (Å²) in [5.41, 5.74) is 1.04. The summed E-state index contributed by atoms with van der Waals surface area (Å²) in [6.45, 7) is 2.20. The Morgan fingerprint density at radius 2 is 2.14 bits per heavy atom. The maximum Gasteiger partial charge on any atom is 0.387 e. The second-order valence-electron chi connectivity index (χ2n) is 5.10. The molecule has 1 aliphatic rings. The molecule has 1 heterocycles. The van der Waals surface area contributed by atoms with E-state index in [9.17, 15) is 8.78 Å². The fourth-order valence-electron chi connectivity index (χ4n) is 2.58. The molecule has 0 aromatic heterocycles. The van der Waals surface area contributed by atoms with Crippen LogP contribution in [0.5, 0.6) is 11.5 Å². The van der Waals surface area contributed by atoms with E-state index in [4.69, 9.17) is 4.74 Å². The number of hydrogen-bond donors (Lipinski definition) is 1. The van der Waals surface area contributed by atoms with Crippen LogP contribution in [0.25, 0.3) is 0 Å². The van der Waals surface area contributed by atoms with Crippen molar-refractivity contribution in [2.75, 3.05) is 26.7 Å². The first-order chi connectivity index (χ1) is 10.1. The summed E-state index contributed by atoms with van der Waals surface area (Å²) in [4.78, 5) is 2.33. The summed E-state index contributed by atoms with van der Waals surface area (Å²) in [6, 6.07) is 5.68. The molecule has 0 saturated carbocycles. The third-order valence-corrected chi connectivity index (χ3v) is 3.61. The highest BCUT2D eigenvalue weighted by Gasteiger charge is 2.21. The Kier molecular flexibility index (Phi) is 7.85. The lowest BCUT2D eigenvalue weighted by molar-refractivity contribution is -0.0514. The lowest BCUT2D eigenvalue weighted by atomic mass is 10.2. The van der Waals surface area contributed by atoms with Crippen molar-refractivity contribution in [3.05, 3.63) is 23.8 Å². The summed E-state index contributed by atoms with van der Waals surface area (Å²) < 4.78 is 34.6. The van der Waals surface area contributed by atoms with E-state index in [1.165, 1.54) is 0 Å². The van der Waals surface area contributed by atoms with E-state index in [1.807, 2.05) is 20.0 Å². The first kappa shape index (κ1) is 18.9. The summed E-state index contributed by atoms with van der Waals surface area (Å²) in [6.07, 6.45) is 1.13. The minimum absolute atomic E-state index is 0. The van der Waals surface area contributed by atoms with Gasteiger partial charge in [0.15, 0.2) is 11.5 Å². The van der Waals surface area contributed by atoms with Crippen molar-refractivity contribution in [2.24, 2.45) is 0 Å². The molecule has 126 valence electrons. The Labute approximate surface area is 136 Å². The van der Waals surface area contributed by atoms with Crippen LogP contribution in [0.3, 0.4) is 0 Å². The van der Waals surface area contributed by atoms with Gasteiger partial charge in [0.25, 0.3) is 0 Å². The highest BCUT2D eigenvalue weighted by molar-refractivity contribution is 5.85. The number of ether oxygens (including phenoxy) is 2. The average molecular weight is 337 g/mol. The Balaban J connectivity index is 0.00000242. The second kappa shape index (κ2) is 9.12. The zero-order chi connectivity index (χ0) is 15.2. The van der Waals surface area contributed by atoms with Gasteiger partial charge in [-0.2, -0.15) is 8.78 Å². The van der Waals surface area contributed by atoms with Crippen molar-refractivity contribution in [1.29, 1.82) is 0 Å². The molecule has 1 unspecified atom stereocenters. The molecule has 1 aromatic carbocycles. The van der Waals surface area contributed by atoms with Crippen molar-refractivity contribution in [3.63, 3.8) is 0 Å². The molecule has 22 heavy (non-hydrogen) atoms. The minimum Gasteiger partial charge on any atom is -0.490 e. The monoisotopic (exact) mass is 336 g/mol. The van der Waals surface area contributed by atoms with E-state index in [0.717, 1.165) is 31.6 Å². The van der Waals surface area contributed by atoms with Crippen LogP contribution in [0.2, 0.25) is 0 Å². The minimum atomic E-state index is -2.84. The Morgan fingerprint density at radius 3 is 2.73 bits per heavy atom. The van der Waals surface area contributed by atoms with Gasteiger partial charge in [0.05, 0.1) is 6.61 Å². The molecule has 1 saturated heterocycles. The van der Waals surface area contributed by atoms with Gasteiger partial charge in [-0.25, -0.2) is 0 Å². The topological polar surface area (TPSA) is 33.7 Å². The largest absolute Gasteiger partial charge is 0.490 e. The van der Waals surface area contributed by atoms with Crippen LogP contribution in [-0.2, 0) is 6.54 Å². The van der Waals surface area contributed by atoms with Crippen molar-refractivity contribution < 1.29 is 18.3 Å². The lowest BCUT2D eigenvalue weighted by Crippen LogP contribution is -2.29. The molecule has 2 rings (SSSR count). The van der Waals surface area contributed by atoms with E-state index in [2.05, 4.69) is 15.0 Å². The van der Waals surface area contributed by atoms with Crippen molar-refractivity contribution >= 4 is 12.4 Å². The van der Waals surface area contributed by atoms with E-state index in [0.29, 0.717) is 18.4 Å². The van der Waals surface area contributed by atoms with Crippen LogP contribution in [0.15, 0.2) is 18.2 Å². The summed E-state index contributed by atoms with van der Waals surface area (Å²) >= 11 is 0. The number of alkyl halides is 2. The molecule has 4 nitrogen and oxygen atoms in total. The Hall–Kier alpha value is -1.11. The first-order valence-electron chi connectivity index (χ1n) is 7.22. The van der Waals surface area contributed by atoms with Crippen molar-refractivity contribution in [2.45, 2.75) is 32.5 Å². The van der Waals surface area contributed by atoms with Gasteiger partial charge >= 0.3 is 6.61 Å². The van der Waals surface area contributed by atoms with Crippen LogP contribution in [0.4, 0.5) is 8.78 Å². The molecule has 0 spiro atoms. The van der Waals surface area contributed by atoms with E-state index in [1.54, 1.807) is 12.1 Å². The Bertz CT molecular complexity index is 463. The van der Waals surface area contributed by atoms with Gasteiger partial charge in [-0.1, -0.05) is 6.07 Å². The number of benzene rings is 1. The standard InChI is InChI=1S/C15H22F2N2O2.ClH/c1-3-20-14-8-11(4-5-13(14)21-15(16)17)9-19-7-6-12(10-19)18-2;/h4-5,8,12,15,18H,3,6-7,9-10H2,1-2H3;1H. The number of likely N-dealkylation sites (N-methyl/N-ethyl adjacent to an activating group) is 1. The summed E-state index contributed by atoms with van der Waals surface area (Å²) in [5, 5.41) is 3.27. The summed E-state index contributed by atoms with van der Waals surface area (Å²) in [5.74, 6) is 0.463. The molecule has 0 radical (unpaired) electrons. The zero-order valence-corrected chi connectivity index (χ0v) is 13.7. The van der Waals surface area contributed by atoms with Crippen LogP contribution < -0.4 is 14.8 Å². The highest BCUT2D eigenvalue weighted by Crippen LogP contribution is 2.30. The van der Waals surface area contributed by atoms with Gasteiger partial charge in [-0.15, -0.1) is 12.4 Å². The molecular formula is C15H23ClF2N2O2. The normalized spacial score (nSPS) is 18.3. The van der Waals surface area contributed by atoms with Gasteiger partial charge in [0.1, 0.15) is 0 Å². The van der Waals surface area contributed by atoms with E-state index in [-0.39, 0.29) is 18.2 Å². The maximum atomic E-state index is 12.4. The third-order valence-electron chi connectivity index (χ3n) is 3.61. The smallest absolute Gasteiger partial charge is 0.387 e. The maximum absolute atomic E-state index is 12.4. The molecule has 0 aliphatic carbocycles. The quantitative estimate of drug-likeness (QED) is 0.830. The lowest BCUT2D eigenvalue weighted by Gasteiger charge is -2.18. The molecule has 1 aliphatic heterocycles. The van der Waals surface area contributed by atoms with Crippen molar-refractivity contribution in [1.82, 2.24) is 10.2 Å². The van der Waals surface area contributed by atoms with Crippen LogP contribution in [0.1, 0.15) is 18.9 Å². The van der Waals surface area contributed by atoms with E-state index >= 15 is 0 Å². The molecule has 1 N–H and O–H groups in total. The molecule has 0 bridgehead atoms. The number of halogens is 3.